The molecule has 0 spiro atoms. The summed E-state index contributed by atoms with van der Waals surface area (Å²) >= 11 is 12.4. The molecule has 30 heavy (non-hydrogen) atoms. The molecule has 1 fully saturated rings. The zero-order chi connectivity index (χ0) is 21.1. The van der Waals surface area contributed by atoms with Gasteiger partial charge < -0.3 is 14.2 Å². The number of hydrogen-bond donors (Lipinski definition) is 1. The summed E-state index contributed by atoms with van der Waals surface area (Å²) in [6.45, 7) is 2.16. The number of nitrogens with zero attached hydrogens (tertiary/aromatic N) is 5. The molecule has 0 bridgehead atoms. The number of oxazole rings is 1. The lowest BCUT2D eigenvalue weighted by molar-refractivity contribution is 0.0740. The fourth-order valence-electron chi connectivity index (χ4n) is 3.06. The Kier molecular flexibility index (Phi) is 5.82. The number of anilines is 2. The number of hydrogen-bond acceptors (Lipinski definition) is 7. The van der Waals surface area contributed by atoms with Gasteiger partial charge in [0.25, 0.3) is 11.8 Å². The highest BCUT2D eigenvalue weighted by Crippen LogP contribution is 2.33. The maximum atomic E-state index is 12.7. The molecule has 0 unspecified atom stereocenters. The van der Waals surface area contributed by atoms with Gasteiger partial charge in [-0.3, -0.25) is 19.9 Å². The third-order valence-electron chi connectivity index (χ3n) is 4.58. The molecule has 11 heteroatoms. The molecule has 0 atom stereocenters. The molecular formula is C19H16Cl2N6O3. The Morgan fingerprint density at radius 1 is 1.07 bits per heavy atom. The van der Waals surface area contributed by atoms with E-state index in [0.717, 1.165) is 5.69 Å². The lowest BCUT2D eigenvalue weighted by Gasteiger charge is -2.36. The second-order valence-electron chi connectivity index (χ2n) is 6.43. The van der Waals surface area contributed by atoms with E-state index in [9.17, 15) is 9.59 Å². The van der Waals surface area contributed by atoms with E-state index in [2.05, 4.69) is 25.2 Å². The second-order valence-corrected chi connectivity index (χ2v) is 7.22. The van der Waals surface area contributed by atoms with Crippen LogP contribution in [0.5, 0.6) is 0 Å². The minimum atomic E-state index is -0.532. The Hall–Kier alpha value is -3.17. The fraction of sp³-hybridized carbons (Fsp3) is 0.211. The number of piperazine rings is 1. The highest BCUT2D eigenvalue weighted by molar-refractivity contribution is 6.43. The Morgan fingerprint density at radius 3 is 2.60 bits per heavy atom. The first kappa shape index (κ1) is 20.1. The molecule has 1 aromatic carbocycles. The van der Waals surface area contributed by atoms with Crippen LogP contribution in [0.3, 0.4) is 0 Å². The average Bonchev–Trinajstić information content (AvgIpc) is 3.24. The van der Waals surface area contributed by atoms with E-state index in [0.29, 0.717) is 36.2 Å². The zero-order valence-electron chi connectivity index (χ0n) is 15.6. The third kappa shape index (κ3) is 4.22. The van der Waals surface area contributed by atoms with Crippen LogP contribution in [0.15, 0.2) is 47.5 Å². The molecule has 2 aromatic heterocycles. The lowest BCUT2D eigenvalue weighted by atomic mass is 10.2. The summed E-state index contributed by atoms with van der Waals surface area (Å²) in [6.07, 6.45) is 5.39. The minimum absolute atomic E-state index is 0.0849. The quantitative estimate of drug-likeness (QED) is 0.656. The number of rotatable bonds is 4. The molecule has 2 amide bonds. The van der Waals surface area contributed by atoms with Crippen molar-refractivity contribution in [3.63, 3.8) is 0 Å². The Labute approximate surface area is 181 Å². The standard InChI is InChI=1S/C19H16Cl2N6O3/c20-12-2-1-3-15(16(12)21)26-6-8-27(9-7-26)18(29)14-11-30-19(24-14)25-17(28)13-10-22-4-5-23-13/h1-5,10-11H,6-9H2,(H,24,25,28). The molecule has 0 saturated carbocycles. The number of nitrogens with one attached hydrogen (secondary N) is 1. The molecule has 1 saturated heterocycles. The maximum Gasteiger partial charge on any atom is 0.302 e. The van der Waals surface area contributed by atoms with Gasteiger partial charge in [-0.15, -0.1) is 0 Å². The average molecular weight is 447 g/mol. The van der Waals surface area contributed by atoms with E-state index in [4.69, 9.17) is 27.6 Å². The van der Waals surface area contributed by atoms with Crippen molar-refractivity contribution in [2.75, 3.05) is 36.4 Å². The van der Waals surface area contributed by atoms with E-state index in [1.807, 2.05) is 12.1 Å². The molecule has 1 aliphatic rings. The Balaban J connectivity index is 1.37. The maximum absolute atomic E-state index is 12.7. The van der Waals surface area contributed by atoms with Crippen LogP contribution in [0.1, 0.15) is 21.0 Å². The summed E-state index contributed by atoms with van der Waals surface area (Å²) in [5, 5.41) is 3.44. The first-order valence-corrected chi connectivity index (χ1v) is 9.79. The van der Waals surface area contributed by atoms with Crippen LogP contribution in [0, 0.1) is 0 Å². The van der Waals surface area contributed by atoms with Crippen LogP contribution >= 0.6 is 23.2 Å². The molecule has 4 rings (SSSR count). The SMILES string of the molecule is O=C(Nc1nc(C(=O)N2CCN(c3cccc(Cl)c3Cl)CC2)co1)c1cnccn1. The Morgan fingerprint density at radius 2 is 1.87 bits per heavy atom. The van der Waals surface area contributed by atoms with Crippen molar-refractivity contribution < 1.29 is 14.0 Å². The zero-order valence-corrected chi connectivity index (χ0v) is 17.1. The summed E-state index contributed by atoms with van der Waals surface area (Å²) in [4.78, 5) is 40.3. The van der Waals surface area contributed by atoms with Gasteiger partial charge in [0, 0.05) is 38.6 Å². The van der Waals surface area contributed by atoms with Crippen LogP contribution in [0.2, 0.25) is 10.0 Å². The van der Waals surface area contributed by atoms with Gasteiger partial charge in [-0.25, -0.2) is 4.98 Å². The van der Waals surface area contributed by atoms with Crippen LogP contribution in [0.25, 0.3) is 0 Å². The smallest absolute Gasteiger partial charge is 0.302 e. The van der Waals surface area contributed by atoms with Gasteiger partial charge in [0.2, 0.25) is 0 Å². The van der Waals surface area contributed by atoms with Crippen LogP contribution < -0.4 is 10.2 Å². The molecule has 3 aromatic rings. The molecule has 3 heterocycles. The number of benzene rings is 1. The van der Waals surface area contributed by atoms with Crippen molar-refractivity contribution in [2.45, 2.75) is 0 Å². The van der Waals surface area contributed by atoms with E-state index in [1.165, 1.54) is 24.9 Å². The van der Waals surface area contributed by atoms with Gasteiger partial charge in [-0.1, -0.05) is 29.3 Å². The van der Waals surface area contributed by atoms with E-state index >= 15 is 0 Å². The summed E-state index contributed by atoms with van der Waals surface area (Å²) in [7, 11) is 0. The third-order valence-corrected chi connectivity index (χ3v) is 5.39. The largest absolute Gasteiger partial charge is 0.431 e. The number of halogens is 2. The van der Waals surface area contributed by atoms with Crippen molar-refractivity contribution in [2.24, 2.45) is 0 Å². The van der Waals surface area contributed by atoms with Crippen LogP contribution in [-0.4, -0.2) is 57.8 Å². The van der Waals surface area contributed by atoms with Crippen molar-refractivity contribution in [1.82, 2.24) is 19.9 Å². The van der Waals surface area contributed by atoms with Crippen molar-refractivity contribution in [3.8, 4) is 0 Å². The van der Waals surface area contributed by atoms with Crippen LogP contribution in [-0.2, 0) is 0 Å². The van der Waals surface area contributed by atoms with Crippen LogP contribution in [0.4, 0.5) is 11.7 Å². The summed E-state index contributed by atoms with van der Waals surface area (Å²) in [6, 6.07) is 5.39. The normalized spacial score (nSPS) is 13.9. The molecular weight excluding hydrogens is 431 g/mol. The highest BCUT2D eigenvalue weighted by Gasteiger charge is 2.26. The monoisotopic (exact) mass is 446 g/mol. The molecule has 154 valence electrons. The van der Waals surface area contributed by atoms with E-state index in [1.54, 1.807) is 11.0 Å². The Bertz CT molecular complexity index is 1070. The highest BCUT2D eigenvalue weighted by atomic mass is 35.5. The molecule has 9 nitrogen and oxygen atoms in total. The van der Waals surface area contributed by atoms with Gasteiger partial charge in [0.1, 0.15) is 12.0 Å². The molecule has 1 N–H and O–H groups in total. The van der Waals surface area contributed by atoms with Gasteiger partial charge in [-0.2, -0.15) is 4.98 Å². The molecule has 0 aliphatic carbocycles. The first-order valence-electron chi connectivity index (χ1n) is 9.04. The predicted octanol–water partition coefficient (Wildman–Crippen LogP) is 2.99. The van der Waals surface area contributed by atoms with E-state index in [-0.39, 0.29) is 23.3 Å². The minimum Gasteiger partial charge on any atom is -0.431 e. The van der Waals surface area contributed by atoms with Gasteiger partial charge >= 0.3 is 6.01 Å². The number of carbonyl (C=O) groups is 2. The van der Waals surface area contributed by atoms with Gasteiger partial charge in [-0.05, 0) is 12.1 Å². The lowest BCUT2D eigenvalue weighted by Crippen LogP contribution is -2.49. The van der Waals surface area contributed by atoms with E-state index < -0.39 is 5.91 Å². The second kappa shape index (κ2) is 8.68. The summed E-state index contributed by atoms with van der Waals surface area (Å²) in [5.41, 5.74) is 1.06. The first-order chi connectivity index (χ1) is 14.5. The number of aromatic nitrogens is 3. The van der Waals surface area contributed by atoms with Crippen molar-refractivity contribution >= 4 is 46.7 Å². The summed E-state index contributed by atoms with van der Waals surface area (Å²) < 4.78 is 5.21. The number of amides is 2. The number of carbonyl (C=O) groups excluding carboxylic acids is 2. The molecule has 0 radical (unpaired) electrons. The van der Waals surface area contributed by atoms with Gasteiger partial charge in [0.15, 0.2) is 5.69 Å². The van der Waals surface area contributed by atoms with Gasteiger partial charge in [0.05, 0.1) is 21.9 Å². The fourth-order valence-corrected chi connectivity index (χ4v) is 3.47. The topological polar surface area (TPSA) is 104 Å². The van der Waals surface area contributed by atoms with Crippen molar-refractivity contribution in [1.29, 1.82) is 0 Å². The molecule has 1 aliphatic heterocycles. The summed E-state index contributed by atoms with van der Waals surface area (Å²) in [5.74, 6) is -0.813. The predicted molar refractivity (Wildman–Crippen MR) is 111 cm³/mol. The van der Waals surface area contributed by atoms with Crippen molar-refractivity contribution in [3.05, 3.63) is 64.5 Å².